The van der Waals surface area contributed by atoms with Gasteiger partial charge in [-0.25, -0.2) is 4.79 Å². The fraction of sp³-hybridized carbons (Fsp3) is 0.548. The number of nitrogens with one attached hydrogen (secondary N) is 1. The molecule has 5 rings (SSSR count). The van der Waals surface area contributed by atoms with Gasteiger partial charge >= 0.3 is 12.1 Å². The molecular weight excluding hydrogens is 699 g/mol. The summed E-state index contributed by atoms with van der Waals surface area (Å²) >= 11 is 0. The number of hydrogen-bond acceptors (Lipinski definition) is 6. The Morgan fingerprint density at radius 2 is 1.59 bits per heavy atom. The number of carbonyl (C=O) groups excluding carboxylic acids is 2. The molecule has 2 aromatic carbocycles. The molecule has 296 valence electrons. The fourth-order valence-electron chi connectivity index (χ4n) is 7.28. The fourth-order valence-corrected chi connectivity index (χ4v) is 7.28. The molecule has 3 N–H and O–H groups in total. The third kappa shape index (κ3) is 13.1. The standard InChI is InChI=1S/C40H55N3O4.C2HF3O2/c1-4-47-40(46)20-14-37(15-21-40)43(38(44)26-30(2)3)29-33-10-6-11-34(27-33)35-12-7-13-36(28-35)39(45)42-24-18-32(19-25-42)9-5-8-31-16-22-41-23-17-31;3-2(4,5)1(6)7/h6-7,10-15,20,27-28,30-32,41,46H,4-5,8-9,16-19,21-26,29H2,1-3H3;(H,6,7). The van der Waals surface area contributed by atoms with Crippen molar-refractivity contribution in [1.82, 2.24) is 15.1 Å². The van der Waals surface area contributed by atoms with E-state index in [-0.39, 0.29) is 24.2 Å². The van der Waals surface area contributed by atoms with E-state index in [9.17, 15) is 27.9 Å². The van der Waals surface area contributed by atoms with Crippen molar-refractivity contribution in [2.45, 2.75) is 97.1 Å². The first-order valence-electron chi connectivity index (χ1n) is 19.2. The van der Waals surface area contributed by atoms with Crippen LogP contribution in [0.25, 0.3) is 11.1 Å². The first kappa shape index (κ1) is 42.7. The lowest BCUT2D eigenvalue weighted by atomic mass is 9.87. The van der Waals surface area contributed by atoms with Crippen molar-refractivity contribution < 1.29 is 42.5 Å². The van der Waals surface area contributed by atoms with E-state index in [1.807, 2.05) is 68.1 Å². The summed E-state index contributed by atoms with van der Waals surface area (Å²) in [5.41, 5.74) is 4.50. The summed E-state index contributed by atoms with van der Waals surface area (Å²) in [6, 6.07) is 16.2. The molecule has 0 aromatic heterocycles. The number of hydrogen-bond donors (Lipinski definition) is 3. The van der Waals surface area contributed by atoms with E-state index >= 15 is 0 Å². The molecule has 2 heterocycles. The average molecular weight is 756 g/mol. The molecule has 2 aliphatic heterocycles. The molecule has 1 unspecified atom stereocenters. The Labute approximate surface area is 317 Å². The van der Waals surface area contributed by atoms with E-state index < -0.39 is 17.9 Å². The zero-order valence-electron chi connectivity index (χ0n) is 31.7. The van der Waals surface area contributed by atoms with Gasteiger partial charge in [0.1, 0.15) is 0 Å². The van der Waals surface area contributed by atoms with E-state index in [2.05, 4.69) is 17.4 Å². The van der Waals surface area contributed by atoms with Gasteiger partial charge in [-0.2, -0.15) is 13.2 Å². The number of likely N-dealkylation sites (tertiary alicyclic amines) is 1. The van der Waals surface area contributed by atoms with Crippen molar-refractivity contribution in [2.75, 3.05) is 32.8 Å². The van der Waals surface area contributed by atoms with E-state index in [4.69, 9.17) is 14.6 Å². The van der Waals surface area contributed by atoms with Gasteiger partial charge in [0, 0.05) is 43.8 Å². The zero-order chi connectivity index (χ0) is 39.3. The molecule has 1 aliphatic carbocycles. The van der Waals surface area contributed by atoms with Crippen LogP contribution >= 0.6 is 0 Å². The van der Waals surface area contributed by atoms with E-state index in [1.54, 1.807) is 17.1 Å². The van der Waals surface area contributed by atoms with Gasteiger partial charge in [-0.15, -0.1) is 0 Å². The SMILES string of the molecule is CCOC1(O)C=CC(N(Cc2cccc(-c3cccc(C(=O)N4CCC(CCCC5CCNCC5)CC4)c3)c2)C(=O)CC(C)C)=CC1.O=C(O)C(F)(F)F. The highest BCUT2D eigenvalue weighted by atomic mass is 19.4. The summed E-state index contributed by atoms with van der Waals surface area (Å²) in [4.78, 5) is 39.7. The second kappa shape index (κ2) is 20.1. The topological polar surface area (TPSA) is 119 Å². The van der Waals surface area contributed by atoms with Crippen LogP contribution in [-0.2, 0) is 20.9 Å². The van der Waals surface area contributed by atoms with Crippen LogP contribution in [0.2, 0.25) is 0 Å². The Kier molecular flexibility index (Phi) is 15.9. The lowest BCUT2D eigenvalue weighted by Crippen LogP contribution is -2.38. The second-order valence-electron chi connectivity index (χ2n) is 15.0. The molecule has 0 radical (unpaired) electrons. The number of nitrogens with zero attached hydrogens (tertiary/aromatic N) is 2. The number of carbonyl (C=O) groups is 3. The summed E-state index contributed by atoms with van der Waals surface area (Å²) in [6.45, 7) is 10.8. The molecule has 54 heavy (non-hydrogen) atoms. The number of allylic oxidation sites excluding steroid dienone is 1. The number of carboxylic acid groups (broad SMARTS) is 1. The van der Waals surface area contributed by atoms with Gasteiger partial charge in [-0.1, -0.05) is 69.5 Å². The minimum atomic E-state index is -5.08. The molecule has 0 saturated carbocycles. The van der Waals surface area contributed by atoms with Crippen LogP contribution in [0.3, 0.4) is 0 Å². The molecular formula is C42H56F3N3O6. The van der Waals surface area contributed by atoms with Crippen LogP contribution in [0.15, 0.2) is 72.5 Å². The van der Waals surface area contributed by atoms with Gasteiger partial charge in [0.05, 0.1) is 6.54 Å². The Morgan fingerprint density at radius 3 is 2.17 bits per heavy atom. The molecule has 9 nitrogen and oxygen atoms in total. The number of halogens is 3. The molecule has 2 fully saturated rings. The van der Waals surface area contributed by atoms with Gasteiger partial charge in [0.25, 0.3) is 5.91 Å². The first-order chi connectivity index (χ1) is 25.7. The molecule has 1 atom stereocenters. The third-order valence-electron chi connectivity index (χ3n) is 10.2. The van der Waals surface area contributed by atoms with Crippen molar-refractivity contribution >= 4 is 17.8 Å². The van der Waals surface area contributed by atoms with Gasteiger partial charge in [0.15, 0.2) is 5.79 Å². The smallest absolute Gasteiger partial charge is 0.475 e. The molecule has 2 amide bonds. The average Bonchev–Trinajstić information content (AvgIpc) is 3.14. The summed E-state index contributed by atoms with van der Waals surface area (Å²) in [7, 11) is 0. The number of amides is 2. The van der Waals surface area contributed by atoms with Gasteiger partial charge < -0.3 is 30.1 Å². The summed E-state index contributed by atoms with van der Waals surface area (Å²) in [5, 5.41) is 21.2. The van der Waals surface area contributed by atoms with Crippen molar-refractivity contribution in [3.63, 3.8) is 0 Å². The number of rotatable bonds is 13. The number of aliphatic hydroxyl groups is 1. The van der Waals surface area contributed by atoms with Crippen LogP contribution in [-0.4, -0.2) is 82.5 Å². The van der Waals surface area contributed by atoms with Crippen LogP contribution in [0.4, 0.5) is 13.2 Å². The van der Waals surface area contributed by atoms with Crippen LogP contribution in [0, 0.1) is 17.8 Å². The molecule has 0 spiro atoms. The lowest BCUT2D eigenvalue weighted by Gasteiger charge is -2.32. The number of aliphatic carboxylic acids is 1. The lowest BCUT2D eigenvalue weighted by molar-refractivity contribution is -0.192. The van der Waals surface area contributed by atoms with Gasteiger partial charge in [-0.05, 0) is 110 Å². The Bertz CT molecular complexity index is 1610. The zero-order valence-corrected chi connectivity index (χ0v) is 31.7. The van der Waals surface area contributed by atoms with E-state index in [0.717, 1.165) is 65.7 Å². The predicted octanol–water partition coefficient (Wildman–Crippen LogP) is 7.95. The summed E-state index contributed by atoms with van der Waals surface area (Å²) < 4.78 is 37.2. The second-order valence-corrected chi connectivity index (χ2v) is 15.0. The van der Waals surface area contributed by atoms with Crippen molar-refractivity contribution in [3.8, 4) is 11.1 Å². The minimum Gasteiger partial charge on any atom is -0.475 e. The van der Waals surface area contributed by atoms with Crippen molar-refractivity contribution in [1.29, 1.82) is 0 Å². The number of ether oxygens (including phenoxy) is 1. The first-order valence-corrected chi connectivity index (χ1v) is 19.2. The molecule has 3 aliphatic rings. The Morgan fingerprint density at radius 1 is 0.981 bits per heavy atom. The predicted molar refractivity (Wildman–Crippen MR) is 202 cm³/mol. The largest absolute Gasteiger partial charge is 0.490 e. The number of benzene rings is 2. The molecule has 2 aromatic rings. The molecule has 12 heteroatoms. The van der Waals surface area contributed by atoms with E-state index in [1.165, 1.54) is 45.2 Å². The van der Waals surface area contributed by atoms with Gasteiger partial charge in [0.2, 0.25) is 5.91 Å². The normalized spacial score (nSPS) is 19.6. The Balaban J connectivity index is 0.000000845. The monoisotopic (exact) mass is 755 g/mol. The maximum atomic E-state index is 13.6. The highest BCUT2D eigenvalue weighted by Crippen LogP contribution is 2.30. The number of carboxylic acids is 1. The highest BCUT2D eigenvalue weighted by molar-refractivity contribution is 5.95. The van der Waals surface area contributed by atoms with Crippen LogP contribution in [0.5, 0.6) is 0 Å². The van der Waals surface area contributed by atoms with Crippen LogP contribution < -0.4 is 5.32 Å². The maximum absolute atomic E-state index is 13.6. The highest BCUT2D eigenvalue weighted by Gasteiger charge is 2.38. The van der Waals surface area contributed by atoms with Gasteiger partial charge in [-0.3, -0.25) is 9.59 Å². The van der Waals surface area contributed by atoms with E-state index in [0.29, 0.717) is 19.6 Å². The van der Waals surface area contributed by atoms with Crippen molar-refractivity contribution in [3.05, 3.63) is 83.6 Å². The summed E-state index contributed by atoms with van der Waals surface area (Å²) in [6.07, 6.45) is 9.75. The third-order valence-corrected chi connectivity index (χ3v) is 10.2. The summed E-state index contributed by atoms with van der Waals surface area (Å²) in [5.74, 6) is -2.08. The number of alkyl halides is 3. The Hall–Kier alpha value is -4.00. The minimum absolute atomic E-state index is 0.0429. The van der Waals surface area contributed by atoms with Crippen molar-refractivity contribution in [2.24, 2.45) is 17.8 Å². The maximum Gasteiger partial charge on any atom is 0.490 e. The quantitative estimate of drug-likeness (QED) is 0.178. The molecule has 2 saturated heterocycles. The van der Waals surface area contributed by atoms with Crippen LogP contribution in [0.1, 0.15) is 94.5 Å². The molecule has 0 bridgehead atoms. The number of piperidine rings is 2.